The van der Waals surface area contributed by atoms with Crippen LogP contribution in [0.15, 0.2) is 54.7 Å². The van der Waals surface area contributed by atoms with Crippen LogP contribution >= 0.6 is 0 Å². The minimum atomic E-state index is 0.0318. The van der Waals surface area contributed by atoms with Crippen LogP contribution < -0.4 is 9.80 Å². The highest BCUT2D eigenvalue weighted by atomic mass is 16.5. The summed E-state index contributed by atoms with van der Waals surface area (Å²) in [7, 11) is 0. The summed E-state index contributed by atoms with van der Waals surface area (Å²) in [6, 6.07) is 16.3. The van der Waals surface area contributed by atoms with Crippen molar-refractivity contribution in [1.29, 1.82) is 0 Å². The van der Waals surface area contributed by atoms with E-state index in [-0.39, 0.29) is 5.91 Å². The fourth-order valence-electron chi connectivity index (χ4n) is 4.27. The van der Waals surface area contributed by atoms with Gasteiger partial charge in [0.05, 0.1) is 18.8 Å². The van der Waals surface area contributed by atoms with E-state index in [0.717, 1.165) is 54.8 Å². The molecule has 2 aliphatic heterocycles. The average Bonchev–Trinajstić information content (AvgIpc) is 2.78. The van der Waals surface area contributed by atoms with E-state index in [1.54, 1.807) is 6.20 Å². The van der Waals surface area contributed by atoms with Crippen molar-refractivity contribution in [2.24, 2.45) is 0 Å². The molecule has 3 heterocycles. The zero-order valence-electron chi connectivity index (χ0n) is 15.8. The Kier molecular flexibility index (Phi) is 4.45. The summed E-state index contributed by atoms with van der Waals surface area (Å²) in [5, 5.41) is 1.99. The molecule has 0 saturated carbocycles. The molecule has 1 amide bonds. The third-order valence-corrected chi connectivity index (χ3v) is 5.67. The summed E-state index contributed by atoms with van der Waals surface area (Å²) in [5.74, 6) is 0.971. The summed E-state index contributed by atoms with van der Waals surface area (Å²) in [4.78, 5) is 22.4. The lowest BCUT2D eigenvalue weighted by molar-refractivity contribution is 0.0986. The Morgan fingerprint density at radius 2 is 1.68 bits per heavy atom. The number of pyridine rings is 1. The van der Waals surface area contributed by atoms with Crippen molar-refractivity contribution in [3.05, 3.63) is 65.9 Å². The van der Waals surface area contributed by atoms with E-state index in [0.29, 0.717) is 18.8 Å². The van der Waals surface area contributed by atoms with Crippen LogP contribution in [-0.2, 0) is 11.2 Å². The van der Waals surface area contributed by atoms with Gasteiger partial charge in [0.1, 0.15) is 5.82 Å². The number of morpholine rings is 1. The molecule has 0 spiro atoms. The van der Waals surface area contributed by atoms with Crippen LogP contribution in [0.2, 0.25) is 0 Å². The number of hydrogen-bond acceptors (Lipinski definition) is 4. The maximum atomic E-state index is 13.5. The van der Waals surface area contributed by atoms with Crippen LogP contribution in [-0.4, -0.2) is 43.7 Å². The first-order chi connectivity index (χ1) is 13.8. The molecule has 28 heavy (non-hydrogen) atoms. The van der Waals surface area contributed by atoms with Crippen molar-refractivity contribution in [2.75, 3.05) is 42.6 Å². The van der Waals surface area contributed by atoms with Crippen molar-refractivity contribution in [2.45, 2.75) is 12.8 Å². The van der Waals surface area contributed by atoms with E-state index >= 15 is 0 Å². The first-order valence-electron chi connectivity index (χ1n) is 9.93. The van der Waals surface area contributed by atoms with Gasteiger partial charge in [0, 0.05) is 36.9 Å². The van der Waals surface area contributed by atoms with Gasteiger partial charge in [-0.25, -0.2) is 4.98 Å². The largest absolute Gasteiger partial charge is 0.378 e. The molecule has 0 aliphatic carbocycles. The normalized spacial score (nSPS) is 16.9. The third-order valence-electron chi connectivity index (χ3n) is 5.67. The maximum Gasteiger partial charge on any atom is 0.260 e. The SMILES string of the molecule is O=C(c1cnc(N2CCOCC2)c2ccccc12)N1CCCc2ccccc21. The minimum Gasteiger partial charge on any atom is -0.378 e. The lowest BCUT2D eigenvalue weighted by atomic mass is 9.99. The molecule has 2 aromatic carbocycles. The maximum absolute atomic E-state index is 13.5. The van der Waals surface area contributed by atoms with Crippen LogP contribution in [0.25, 0.3) is 10.8 Å². The van der Waals surface area contributed by atoms with Gasteiger partial charge >= 0.3 is 0 Å². The smallest absolute Gasteiger partial charge is 0.260 e. The molecule has 142 valence electrons. The van der Waals surface area contributed by atoms with Gasteiger partial charge in [-0.3, -0.25) is 4.79 Å². The monoisotopic (exact) mass is 373 g/mol. The summed E-state index contributed by atoms with van der Waals surface area (Å²) in [6.07, 6.45) is 3.77. The Balaban J connectivity index is 1.58. The van der Waals surface area contributed by atoms with Crippen molar-refractivity contribution >= 4 is 28.2 Å². The lowest BCUT2D eigenvalue weighted by Crippen LogP contribution is -2.37. The summed E-state index contributed by atoms with van der Waals surface area (Å²) in [5.41, 5.74) is 2.94. The quantitative estimate of drug-likeness (QED) is 0.688. The Morgan fingerprint density at radius 1 is 0.929 bits per heavy atom. The number of anilines is 2. The molecule has 3 aromatic rings. The van der Waals surface area contributed by atoms with Crippen LogP contribution in [0.4, 0.5) is 11.5 Å². The minimum absolute atomic E-state index is 0.0318. The van der Waals surface area contributed by atoms with E-state index in [4.69, 9.17) is 9.72 Å². The molecule has 0 atom stereocenters. The van der Waals surface area contributed by atoms with Crippen molar-refractivity contribution in [3.63, 3.8) is 0 Å². The zero-order chi connectivity index (χ0) is 18.9. The Hall–Kier alpha value is -2.92. The van der Waals surface area contributed by atoms with Gasteiger partial charge in [-0.2, -0.15) is 0 Å². The number of carbonyl (C=O) groups is 1. The molecule has 1 saturated heterocycles. The third kappa shape index (κ3) is 2.92. The highest BCUT2D eigenvalue weighted by Crippen LogP contribution is 2.32. The zero-order valence-corrected chi connectivity index (χ0v) is 15.8. The second-order valence-corrected chi connectivity index (χ2v) is 7.33. The number of amides is 1. The number of ether oxygens (including phenoxy) is 1. The summed E-state index contributed by atoms with van der Waals surface area (Å²) in [6.45, 7) is 3.81. The van der Waals surface area contributed by atoms with E-state index in [9.17, 15) is 4.79 Å². The first-order valence-corrected chi connectivity index (χ1v) is 9.93. The number of aromatic nitrogens is 1. The summed E-state index contributed by atoms with van der Waals surface area (Å²) >= 11 is 0. The van der Waals surface area contributed by atoms with Crippen molar-refractivity contribution in [3.8, 4) is 0 Å². The fourth-order valence-corrected chi connectivity index (χ4v) is 4.27. The first kappa shape index (κ1) is 17.2. The molecule has 1 fully saturated rings. The van der Waals surface area contributed by atoms with E-state index in [2.05, 4.69) is 17.0 Å². The van der Waals surface area contributed by atoms with Crippen molar-refractivity contribution < 1.29 is 9.53 Å². The molecule has 0 bridgehead atoms. The van der Waals surface area contributed by atoms with E-state index in [1.165, 1.54) is 5.56 Å². The summed E-state index contributed by atoms with van der Waals surface area (Å²) < 4.78 is 5.48. The van der Waals surface area contributed by atoms with Gasteiger partial charge in [0.2, 0.25) is 0 Å². The second kappa shape index (κ2) is 7.24. The van der Waals surface area contributed by atoms with Crippen LogP contribution in [0.5, 0.6) is 0 Å². The number of para-hydroxylation sites is 1. The highest BCUT2D eigenvalue weighted by Gasteiger charge is 2.26. The number of nitrogens with zero attached hydrogens (tertiary/aromatic N) is 3. The molecular weight excluding hydrogens is 350 g/mol. The molecule has 5 rings (SSSR count). The Morgan fingerprint density at radius 3 is 2.54 bits per heavy atom. The standard InChI is InChI=1S/C23H23N3O2/c27-23(26-11-5-7-17-6-1-4-10-21(17)26)20-16-24-22(25-12-14-28-15-13-25)19-9-3-2-8-18(19)20/h1-4,6,8-10,16H,5,7,11-15H2. The van der Waals surface area contributed by atoms with Gasteiger partial charge in [0.25, 0.3) is 5.91 Å². The number of aryl methyl sites for hydroxylation is 1. The molecular formula is C23H23N3O2. The predicted octanol–water partition coefficient (Wildman–Crippen LogP) is 3.66. The lowest BCUT2D eigenvalue weighted by Gasteiger charge is -2.31. The van der Waals surface area contributed by atoms with Crippen LogP contribution in [0.1, 0.15) is 22.3 Å². The molecule has 0 unspecified atom stereocenters. The Labute approximate surface area is 164 Å². The Bertz CT molecular complexity index is 1030. The van der Waals surface area contributed by atoms with Gasteiger partial charge < -0.3 is 14.5 Å². The number of hydrogen-bond donors (Lipinski definition) is 0. The molecule has 0 N–H and O–H groups in total. The fraction of sp³-hybridized carbons (Fsp3) is 0.304. The number of carbonyl (C=O) groups excluding carboxylic acids is 1. The molecule has 5 heteroatoms. The number of rotatable bonds is 2. The van der Waals surface area contributed by atoms with Crippen LogP contribution in [0, 0.1) is 0 Å². The average molecular weight is 373 g/mol. The van der Waals surface area contributed by atoms with Gasteiger partial charge in [-0.1, -0.05) is 42.5 Å². The molecule has 1 aromatic heterocycles. The van der Waals surface area contributed by atoms with Gasteiger partial charge in [-0.05, 0) is 29.9 Å². The predicted molar refractivity (Wildman–Crippen MR) is 111 cm³/mol. The van der Waals surface area contributed by atoms with E-state index in [1.807, 2.05) is 41.3 Å². The number of fused-ring (bicyclic) bond motifs is 2. The van der Waals surface area contributed by atoms with Gasteiger partial charge in [-0.15, -0.1) is 0 Å². The topological polar surface area (TPSA) is 45.7 Å². The second-order valence-electron chi connectivity index (χ2n) is 7.33. The van der Waals surface area contributed by atoms with Gasteiger partial charge in [0.15, 0.2) is 0 Å². The molecule has 5 nitrogen and oxygen atoms in total. The van der Waals surface area contributed by atoms with Crippen molar-refractivity contribution in [1.82, 2.24) is 4.98 Å². The van der Waals surface area contributed by atoms with Crippen LogP contribution in [0.3, 0.4) is 0 Å². The molecule has 0 radical (unpaired) electrons. The van der Waals surface area contributed by atoms with E-state index < -0.39 is 0 Å². The highest BCUT2D eigenvalue weighted by molar-refractivity contribution is 6.15. The number of benzene rings is 2. The molecule has 2 aliphatic rings.